The fraction of sp³-hybridized carbons (Fsp3) is 0.333. The second-order valence-corrected chi connectivity index (χ2v) is 3.39. The molecule has 0 unspecified atom stereocenters. The van der Waals surface area contributed by atoms with Crippen LogP contribution in [0, 0.1) is 0 Å². The Bertz CT molecular complexity index is 302. The van der Waals surface area contributed by atoms with Crippen molar-refractivity contribution < 1.29 is 0 Å². The van der Waals surface area contributed by atoms with Crippen LogP contribution in [0.2, 0.25) is 10.4 Å². The van der Waals surface area contributed by atoms with Crippen LogP contribution < -0.4 is 0 Å². The van der Waals surface area contributed by atoms with Crippen LogP contribution in [-0.4, -0.2) is 62.8 Å². The van der Waals surface area contributed by atoms with Crippen LogP contribution in [0.25, 0.3) is 0 Å². The molecule has 0 aromatic heterocycles. The lowest BCUT2D eigenvalue weighted by molar-refractivity contribution is 0.824. The van der Waals surface area contributed by atoms with E-state index >= 15 is 0 Å². The van der Waals surface area contributed by atoms with E-state index in [9.17, 15) is 0 Å². The topological polar surface area (TPSA) is 0 Å². The van der Waals surface area contributed by atoms with Crippen molar-refractivity contribution in [2.45, 2.75) is 10.4 Å². The maximum Gasteiger partial charge on any atom is 0.111 e. The van der Waals surface area contributed by atoms with Crippen LogP contribution in [-0.2, 0) is 0 Å². The van der Waals surface area contributed by atoms with Crippen LogP contribution in [0.4, 0.5) is 0 Å². The molecule has 0 spiro atoms. The first-order valence-corrected chi connectivity index (χ1v) is 3.81. The smallest absolute Gasteiger partial charge is 0.111 e. The van der Waals surface area contributed by atoms with E-state index < -0.39 is 10.4 Å². The Kier molecular flexibility index (Phi) is 2.80. The highest BCUT2D eigenvalue weighted by Gasteiger charge is 2.39. The predicted molar refractivity (Wildman–Crippen MR) is 65.5 cm³/mol. The van der Waals surface area contributed by atoms with Gasteiger partial charge < -0.3 is 0 Å². The monoisotopic (exact) mass is 160 g/mol. The zero-order valence-electron chi connectivity index (χ0n) is 7.62. The van der Waals surface area contributed by atoms with E-state index in [0.717, 1.165) is 0 Å². The van der Waals surface area contributed by atoms with Gasteiger partial charge in [-0.05, 0) is 0 Å². The van der Waals surface area contributed by atoms with Gasteiger partial charge in [0.1, 0.15) is 31.4 Å². The molecule has 16 radical (unpaired) electrons. The van der Waals surface area contributed by atoms with Crippen molar-refractivity contribution in [3.63, 3.8) is 0 Å². The van der Waals surface area contributed by atoms with Gasteiger partial charge in [-0.15, -0.1) is 21.9 Å². The van der Waals surface area contributed by atoms with Gasteiger partial charge in [-0.2, -0.15) is 0 Å². The Morgan fingerprint density at radius 2 is 0.786 bits per heavy atom. The van der Waals surface area contributed by atoms with Gasteiger partial charge in [0.05, 0.1) is 31.4 Å². The van der Waals surface area contributed by atoms with Crippen molar-refractivity contribution in [1.82, 2.24) is 0 Å². The number of hydrogen-bond acceptors (Lipinski definition) is 0. The van der Waals surface area contributed by atoms with Crippen LogP contribution >= 0.6 is 0 Å². The highest BCUT2D eigenvalue weighted by molar-refractivity contribution is 6.65. The van der Waals surface area contributed by atoms with E-state index in [4.69, 9.17) is 62.8 Å². The lowest BCUT2D eigenvalue weighted by atomic mass is 9.20. The van der Waals surface area contributed by atoms with E-state index in [1.165, 1.54) is 0 Å². The molecular formula is C6B8. The zero-order valence-corrected chi connectivity index (χ0v) is 7.62. The second-order valence-electron chi connectivity index (χ2n) is 3.39. The Morgan fingerprint density at radius 3 is 1.00 bits per heavy atom. The van der Waals surface area contributed by atoms with Gasteiger partial charge in [-0.3, -0.25) is 0 Å². The molecule has 0 aromatic carbocycles. The standard InChI is InChI=1S/C6B8/c7-1-2(8)4(10)6(13,14)5(11,12)3(1)9. The summed E-state index contributed by atoms with van der Waals surface area (Å²) in [5.74, 6) is 0. The van der Waals surface area contributed by atoms with Gasteiger partial charge in [0.2, 0.25) is 0 Å². The average molecular weight is 159 g/mol. The summed E-state index contributed by atoms with van der Waals surface area (Å²) in [5.41, 5.74) is -0.124. The summed E-state index contributed by atoms with van der Waals surface area (Å²) in [6.45, 7) is 0. The third-order valence-corrected chi connectivity index (χ3v) is 2.45. The largest absolute Gasteiger partial charge is 0.136 e. The van der Waals surface area contributed by atoms with E-state index in [2.05, 4.69) is 0 Å². The first-order chi connectivity index (χ1) is 6.14. The molecule has 48 valence electrons. The summed E-state index contributed by atoms with van der Waals surface area (Å²) >= 11 is 0. The lowest BCUT2D eigenvalue weighted by Crippen LogP contribution is -2.40. The molecule has 0 bridgehead atoms. The van der Waals surface area contributed by atoms with Gasteiger partial charge in [-0.25, -0.2) is 0 Å². The summed E-state index contributed by atoms with van der Waals surface area (Å²) < 4.78 is 0. The van der Waals surface area contributed by atoms with E-state index in [1.807, 2.05) is 0 Å². The van der Waals surface area contributed by atoms with E-state index in [1.54, 1.807) is 0 Å². The van der Waals surface area contributed by atoms with Crippen molar-refractivity contribution in [1.29, 1.82) is 0 Å². The Labute approximate surface area is 95.4 Å². The third-order valence-electron chi connectivity index (χ3n) is 2.45. The summed E-state index contributed by atoms with van der Waals surface area (Å²) in [6.07, 6.45) is 0. The fourth-order valence-electron chi connectivity index (χ4n) is 1.18. The molecule has 0 saturated heterocycles. The third kappa shape index (κ3) is 1.33. The molecule has 0 saturated carbocycles. The quantitative estimate of drug-likeness (QED) is 0.358. The molecule has 8 heteroatoms. The van der Waals surface area contributed by atoms with Crippen molar-refractivity contribution in [2.75, 3.05) is 0 Å². The minimum atomic E-state index is -1.72. The number of hydrogen-bond donors (Lipinski definition) is 0. The molecule has 0 atom stereocenters. The van der Waals surface area contributed by atoms with Gasteiger partial charge >= 0.3 is 0 Å². The molecule has 14 heavy (non-hydrogen) atoms. The molecule has 1 aliphatic carbocycles. The molecule has 0 fully saturated rings. The van der Waals surface area contributed by atoms with Crippen LogP contribution in [0.3, 0.4) is 0 Å². The van der Waals surface area contributed by atoms with Gasteiger partial charge in [0.25, 0.3) is 0 Å². The molecule has 0 nitrogen and oxygen atoms in total. The lowest BCUT2D eigenvalue weighted by Gasteiger charge is -2.52. The van der Waals surface area contributed by atoms with Gasteiger partial charge in [0, 0.05) is 0 Å². The molecule has 1 rings (SSSR count). The minimum absolute atomic E-state index is 0.0130. The summed E-state index contributed by atoms with van der Waals surface area (Å²) in [5, 5.41) is -3.44. The Morgan fingerprint density at radius 1 is 0.571 bits per heavy atom. The predicted octanol–water partition coefficient (Wildman–Crippen LogP) is -2.00. The van der Waals surface area contributed by atoms with Crippen molar-refractivity contribution in [3.8, 4) is 0 Å². The molecular weight excluding hydrogens is 159 g/mol. The minimum Gasteiger partial charge on any atom is -0.136 e. The summed E-state index contributed by atoms with van der Waals surface area (Å²) in [4.78, 5) is 0. The highest BCUT2D eigenvalue weighted by Crippen LogP contribution is 2.55. The molecule has 0 aliphatic heterocycles. The van der Waals surface area contributed by atoms with Crippen molar-refractivity contribution in [2.24, 2.45) is 0 Å². The Balaban J connectivity index is 3.48. The normalized spacial score (nSPS) is 25.1. The van der Waals surface area contributed by atoms with Crippen LogP contribution in [0.5, 0.6) is 0 Å². The number of allylic oxidation sites excluding steroid dienone is 4. The maximum atomic E-state index is 5.64. The molecule has 1 aliphatic rings. The van der Waals surface area contributed by atoms with Gasteiger partial charge in [0.15, 0.2) is 0 Å². The van der Waals surface area contributed by atoms with Crippen LogP contribution in [0.15, 0.2) is 21.9 Å². The first-order valence-electron chi connectivity index (χ1n) is 3.81. The average Bonchev–Trinajstić information content (AvgIpc) is 2.10. The van der Waals surface area contributed by atoms with Gasteiger partial charge in [-0.1, -0.05) is 10.4 Å². The summed E-state index contributed by atoms with van der Waals surface area (Å²) in [7, 11) is 44.7. The van der Waals surface area contributed by atoms with E-state index in [-0.39, 0.29) is 21.9 Å². The fourth-order valence-corrected chi connectivity index (χ4v) is 1.18. The molecule has 0 heterocycles. The highest BCUT2D eigenvalue weighted by atomic mass is 14.3. The van der Waals surface area contributed by atoms with Crippen molar-refractivity contribution >= 4 is 62.8 Å². The maximum absolute atomic E-state index is 5.64. The van der Waals surface area contributed by atoms with Crippen molar-refractivity contribution in [3.05, 3.63) is 21.9 Å². The summed E-state index contributed by atoms with van der Waals surface area (Å²) in [6, 6.07) is 0. The Hall–Kier alpha value is -0.000519. The second kappa shape index (κ2) is 3.25. The zero-order chi connectivity index (χ0) is 11.3. The van der Waals surface area contributed by atoms with E-state index in [0.29, 0.717) is 0 Å². The number of rotatable bonds is 0. The molecule has 0 amide bonds. The van der Waals surface area contributed by atoms with Crippen LogP contribution in [0.1, 0.15) is 0 Å². The SMILES string of the molecule is [B]C1=C([B])C([B])([B])C([B])([B])C([B])=C1[B]. The molecule has 0 aromatic rings. The first kappa shape index (κ1) is 12.1. The molecule has 0 N–H and O–H groups in total.